The number of amides is 1. The zero-order valence-electron chi connectivity index (χ0n) is 15.2. The molecule has 0 spiro atoms. The van der Waals surface area contributed by atoms with Gasteiger partial charge in [0.05, 0.1) is 5.25 Å². The average Bonchev–Trinajstić information content (AvgIpc) is 2.95. The standard InChI is InChI=1S/C17H31N3O3S.ClH/c1-11(2)19-24(22,23)15-6-7-20(10-15)17(21)14-8-12-4-3-5-13(9-14)16(12)18;/h11-16,19H,3-10,18H2,1-2H3;1H. The van der Waals surface area contributed by atoms with Crippen LogP contribution in [0.15, 0.2) is 0 Å². The van der Waals surface area contributed by atoms with Crippen molar-refractivity contribution >= 4 is 28.3 Å². The molecule has 3 N–H and O–H groups in total. The molecule has 1 aliphatic heterocycles. The molecule has 0 radical (unpaired) electrons. The van der Waals surface area contributed by atoms with Crippen molar-refractivity contribution in [3.05, 3.63) is 0 Å². The number of nitrogens with two attached hydrogens (primary N) is 1. The van der Waals surface area contributed by atoms with Gasteiger partial charge in [-0.05, 0) is 57.8 Å². The van der Waals surface area contributed by atoms with Crippen LogP contribution in [0.3, 0.4) is 0 Å². The number of carbonyl (C=O) groups is 1. The predicted molar refractivity (Wildman–Crippen MR) is 101 cm³/mol. The predicted octanol–water partition coefficient (Wildman–Crippen LogP) is 1.49. The number of likely N-dealkylation sites (tertiary alicyclic amines) is 1. The van der Waals surface area contributed by atoms with Gasteiger partial charge in [0.15, 0.2) is 0 Å². The third-order valence-corrected chi connectivity index (χ3v) is 8.12. The molecule has 1 heterocycles. The first-order valence-electron chi connectivity index (χ1n) is 9.33. The van der Waals surface area contributed by atoms with E-state index in [0.29, 0.717) is 31.3 Å². The third-order valence-electron chi connectivity index (χ3n) is 6.06. The molecule has 6 nitrogen and oxygen atoms in total. The van der Waals surface area contributed by atoms with E-state index in [1.54, 1.807) is 4.90 Å². The van der Waals surface area contributed by atoms with E-state index >= 15 is 0 Å². The number of nitrogens with one attached hydrogen (secondary N) is 1. The Morgan fingerprint density at radius 1 is 1.16 bits per heavy atom. The first-order chi connectivity index (χ1) is 11.3. The normalized spacial score (nSPS) is 35.5. The van der Waals surface area contributed by atoms with Crippen LogP contribution in [0.25, 0.3) is 0 Å². The summed E-state index contributed by atoms with van der Waals surface area (Å²) in [7, 11) is -3.34. The highest BCUT2D eigenvalue weighted by atomic mass is 35.5. The molecular weight excluding hydrogens is 362 g/mol. The molecule has 146 valence electrons. The molecule has 0 aromatic rings. The van der Waals surface area contributed by atoms with E-state index in [1.165, 1.54) is 6.42 Å². The van der Waals surface area contributed by atoms with E-state index in [4.69, 9.17) is 5.73 Å². The van der Waals surface area contributed by atoms with E-state index in [2.05, 4.69) is 4.72 Å². The smallest absolute Gasteiger partial charge is 0.225 e. The molecule has 0 aromatic carbocycles. The minimum atomic E-state index is -3.34. The lowest BCUT2D eigenvalue weighted by Gasteiger charge is -2.44. The van der Waals surface area contributed by atoms with Gasteiger partial charge < -0.3 is 10.6 Å². The van der Waals surface area contributed by atoms with E-state index in [-0.39, 0.29) is 36.3 Å². The second-order valence-electron chi connectivity index (χ2n) is 8.21. The number of hydrogen-bond donors (Lipinski definition) is 2. The average molecular weight is 394 g/mol. The second-order valence-corrected chi connectivity index (χ2v) is 10.2. The number of nitrogens with zero attached hydrogens (tertiary/aromatic N) is 1. The molecule has 1 saturated heterocycles. The lowest BCUT2D eigenvalue weighted by Crippen LogP contribution is -2.49. The quantitative estimate of drug-likeness (QED) is 0.756. The van der Waals surface area contributed by atoms with Crippen LogP contribution in [-0.2, 0) is 14.8 Å². The van der Waals surface area contributed by atoms with Gasteiger partial charge in [0.25, 0.3) is 0 Å². The number of sulfonamides is 1. The van der Waals surface area contributed by atoms with Crippen LogP contribution in [0, 0.1) is 17.8 Å². The Kier molecular flexibility index (Phi) is 6.79. The summed E-state index contributed by atoms with van der Waals surface area (Å²) in [6.45, 7) is 4.53. The molecular formula is C17H32ClN3O3S. The fraction of sp³-hybridized carbons (Fsp3) is 0.941. The van der Waals surface area contributed by atoms with Crippen LogP contribution in [0.4, 0.5) is 0 Å². The Morgan fingerprint density at radius 3 is 2.32 bits per heavy atom. The highest BCUT2D eigenvalue weighted by Gasteiger charge is 2.43. The van der Waals surface area contributed by atoms with Crippen molar-refractivity contribution in [1.82, 2.24) is 9.62 Å². The molecule has 0 aromatic heterocycles. The lowest BCUT2D eigenvalue weighted by atomic mass is 9.65. The van der Waals surface area contributed by atoms with Crippen molar-refractivity contribution in [2.45, 2.75) is 69.7 Å². The Labute approximate surface area is 157 Å². The topological polar surface area (TPSA) is 92.5 Å². The molecule has 25 heavy (non-hydrogen) atoms. The summed E-state index contributed by atoms with van der Waals surface area (Å²) in [6.07, 6.45) is 5.80. The van der Waals surface area contributed by atoms with Crippen molar-refractivity contribution in [3.63, 3.8) is 0 Å². The maximum atomic E-state index is 12.9. The molecule has 8 heteroatoms. The van der Waals surface area contributed by atoms with Crippen LogP contribution >= 0.6 is 12.4 Å². The number of carbonyl (C=O) groups excluding carboxylic acids is 1. The Bertz CT molecular complexity index is 570. The van der Waals surface area contributed by atoms with Crippen molar-refractivity contribution in [2.24, 2.45) is 23.5 Å². The van der Waals surface area contributed by atoms with Crippen molar-refractivity contribution < 1.29 is 13.2 Å². The fourth-order valence-electron chi connectivity index (χ4n) is 4.86. The molecule has 3 atom stereocenters. The molecule has 1 amide bonds. The van der Waals surface area contributed by atoms with E-state index in [1.807, 2.05) is 13.8 Å². The number of fused-ring (bicyclic) bond motifs is 2. The van der Waals surface area contributed by atoms with Crippen LogP contribution in [0.5, 0.6) is 0 Å². The van der Waals surface area contributed by atoms with Crippen molar-refractivity contribution in [1.29, 1.82) is 0 Å². The van der Waals surface area contributed by atoms with Gasteiger partial charge in [0.2, 0.25) is 15.9 Å². The highest BCUT2D eigenvalue weighted by molar-refractivity contribution is 7.90. The highest BCUT2D eigenvalue weighted by Crippen LogP contribution is 2.42. The number of halogens is 1. The Morgan fingerprint density at radius 2 is 1.76 bits per heavy atom. The largest absolute Gasteiger partial charge is 0.341 e. The molecule has 2 saturated carbocycles. The minimum absolute atomic E-state index is 0. The van der Waals surface area contributed by atoms with Crippen LogP contribution in [0.1, 0.15) is 52.4 Å². The molecule has 3 fully saturated rings. The zero-order valence-corrected chi connectivity index (χ0v) is 16.8. The van der Waals surface area contributed by atoms with Crippen LogP contribution in [0.2, 0.25) is 0 Å². The van der Waals surface area contributed by atoms with Gasteiger partial charge in [-0.3, -0.25) is 4.79 Å². The summed E-state index contributed by atoms with van der Waals surface area (Å²) < 4.78 is 27.3. The van der Waals surface area contributed by atoms with Crippen molar-refractivity contribution in [2.75, 3.05) is 13.1 Å². The molecule has 3 unspecified atom stereocenters. The fourth-order valence-corrected chi connectivity index (χ4v) is 6.50. The second kappa shape index (κ2) is 8.11. The van der Waals surface area contributed by atoms with Crippen molar-refractivity contribution in [3.8, 4) is 0 Å². The SMILES string of the molecule is CC(C)NS(=O)(=O)C1CCN(C(=O)C2CC3CCCC(C2)C3N)C1.Cl. The molecule has 3 aliphatic rings. The summed E-state index contributed by atoms with van der Waals surface area (Å²) in [5.41, 5.74) is 6.31. The monoisotopic (exact) mass is 393 g/mol. The van der Waals surface area contributed by atoms with Crippen LogP contribution < -0.4 is 10.5 Å². The maximum absolute atomic E-state index is 12.9. The van der Waals surface area contributed by atoms with E-state index in [9.17, 15) is 13.2 Å². The van der Waals surface area contributed by atoms with Gasteiger partial charge in [-0.1, -0.05) is 6.42 Å². The number of hydrogen-bond acceptors (Lipinski definition) is 4. The van der Waals surface area contributed by atoms with Gasteiger partial charge in [-0.15, -0.1) is 12.4 Å². The summed E-state index contributed by atoms with van der Waals surface area (Å²) >= 11 is 0. The van der Waals surface area contributed by atoms with Gasteiger partial charge in [0, 0.05) is 31.1 Å². The van der Waals surface area contributed by atoms with Gasteiger partial charge in [0.1, 0.15) is 0 Å². The summed E-state index contributed by atoms with van der Waals surface area (Å²) in [6, 6.07) is 0.142. The summed E-state index contributed by atoms with van der Waals surface area (Å²) in [5.74, 6) is 1.13. The van der Waals surface area contributed by atoms with Gasteiger partial charge >= 0.3 is 0 Å². The summed E-state index contributed by atoms with van der Waals surface area (Å²) in [4.78, 5) is 14.7. The molecule has 2 bridgehead atoms. The summed E-state index contributed by atoms with van der Waals surface area (Å²) in [5, 5.41) is -0.478. The molecule has 2 aliphatic carbocycles. The van der Waals surface area contributed by atoms with E-state index < -0.39 is 15.3 Å². The van der Waals surface area contributed by atoms with Gasteiger partial charge in [-0.2, -0.15) is 0 Å². The lowest BCUT2D eigenvalue weighted by molar-refractivity contribution is -0.137. The van der Waals surface area contributed by atoms with E-state index in [0.717, 1.165) is 25.7 Å². The zero-order chi connectivity index (χ0) is 17.5. The minimum Gasteiger partial charge on any atom is -0.341 e. The third kappa shape index (κ3) is 4.49. The Hall–Kier alpha value is -0.370. The first kappa shape index (κ1) is 20.9. The first-order valence-corrected chi connectivity index (χ1v) is 10.9. The van der Waals surface area contributed by atoms with Crippen LogP contribution in [-0.4, -0.2) is 49.6 Å². The number of rotatable bonds is 4. The maximum Gasteiger partial charge on any atom is 0.225 e. The Balaban J connectivity index is 0.00000225. The van der Waals surface area contributed by atoms with Gasteiger partial charge in [-0.25, -0.2) is 13.1 Å². The molecule has 3 rings (SSSR count).